The van der Waals surface area contributed by atoms with Crippen molar-refractivity contribution in [1.29, 1.82) is 0 Å². The molecule has 0 aliphatic carbocycles. The molecule has 0 bridgehead atoms. The second kappa shape index (κ2) is 9.71. The zero-order valence-electron chi connectivity index (χ0n) is 18.0. The van der Waals surface area contributed by atoms with Gasteiger partial charge in [-0.15, -0.1) is 0 Å². The maximum atomic E-state index is 12.8. The van der Waals surface area contributed by atoms with E-state index in [1.54, 1.807) is 24.3 Å². The molecule has 0 N–H and O–H groups in total. The van der Waals surface area contributed by atoms with Crippen LogP contribution in [0.5, 0.6) is 0 Å². The Morgan fingerprint density at radius 2 is 1.48 bits per heavy atom. The van der Waals surface area contributed by atoms with Gasteiger partial charge in [-0.1, -0.05) is 23.7 Å². The first kappa shape index (κ1) is 21.7. The minimum absolute atomic E-state index is 0.0231. The third-order valence-electron chi connectivity index (χ3n) is 6.11. The Morgan fingerprint density at radius 1 is 0.839 bits per heavy atom. The molecule has 31 heavy (non-hydrogen) atoms. The molecule has 0 atom stereocenters. The van der Waals surface area contributed by atoms with Crippen molar-refractivity contribution in [2.45, 2.75) is 6.92 Å². The highest BCUT2D eigenvalue weighted by atomic mass is 35.5. The first-order chi connectivity index (χ1) is 15.0. The molecule has 0 spiro atoms. The summed E-state index contributed by atoms with van der Waals surface area (Å²) in [4.78, 5) is 33.8. The van der Waals surface area contributed by atoms with Crippen LogP contribution < -0.4 is 4.90 Å². The number of rotatable bonds is 4. The van der Waals surface area contributed by atoms with Crippen molar-refractivity contribution in [2.75, 3.05) is 63.8 Å². The van der Waals surface area contributed by atoms with Gasteiger partial charge in [-0.25, -0.2) is 0 Å². The molecule has 164 valence electrons. The van der Waals surface area contributed by atoms with Gasteiger partial charge < -0.3 is 14.7 Å². The van der Waals surface area contributed by atoms with Gasteiger partial charge in [0.05, 0.1) is 6.54 Å². The van der Waals surface area contributed by atoms with Gasteiger partial charge in [0.1, 0.15) is 0 Å². The summed E-state index contributed by atoms with van der Waals surface area (Å²) < 4.78 is 0. The molecule has 2 saturated heterocycles. The van der Waals surface area contributed by atoms with E-state index in [2.05, 4.69) is 41.0 Å². The topological polar surface area (TPSA) is 47.1 Å². The number of amides is 2. The zero-order chi connectivity index (χ0) is 21.8. The van der Waals surface area contributed by atoms with E-state index in [-0.39, 0.29) is 11.8 Å². The van der Waals surface area contributed by atoms with E-state index < -0.39 is 0 Å². The van der Waals surface area contributed by atoms with Gasteiger partial charge in [0.15, 0.2) is 0 Å². The lowest BCUT2D eigenvalue weighted by molar-refractivity contribution is -0.133. The molecule has 0 unspecified atom stereocenters. The maximum absolute atomic E-state index is 12.8. The maximum Gasteiger partial charge on any atom is 0.253 e. The van der Waals surface area contributed by atoms with E-state index in [0.29, 0.717) is 43.3 Å². The highest BCUT2D eigenvalue weighted by Crippen LogP contribution is 2.18. The molecule has 4 rings (SSSR count). The minimum atomic E-state index is 0.0231. The molecular formula is C24H29ClN4O2. The predicted molar refractivity (Wildman–Crippen MR) is 124 cm³/mol. The number of hydrogen-bond acceptors (Lipinski definition) is 4. The van der Waals surface area contributed by atoms with Crippen LogP contribution in [0.15, 0.2) is 48.5 Å². The predicted octanol–water partition coefficient (Wildman–Crippen LogP) is 2.76. The first-order valence-electron chi connectivity index (χ1n) is 10.9. The number of carbonyl (C=O) groups excluding carboxylic acids is 2. The minimum Gasteiger partial charge on any atom is -0.368 e. The Kier molecular flexibility index (Phi) is 6.78. The number of carbonyl (C=O) groups is 2. The molecule has 7 heteroatoms. The van der Waals surface area contributed by atoms with Crippen LogP contribution in [0.1, 0.15) is 15.9 Å². The Bertz CT molecular complexity index is 917. The Hall–Kier alpha value is -2.57. The standard InChI is InChI=1S/C24H29ClN4O2/c1-19-3-2-4-22(17-19)27-13-15-28(16-14-27)23(30)18-26-9-11-29(12-10-26)24(31)20-5-7-21(25)8-6-20/h2-8,17H,9-16,18H2,1H3. The summed E-state index contributed by atoms with van der Waals surface area (Å²) in [6.45, 7) is 8.45. The van der Waals surface area contributed by atoms with Crippen molar-refractivity contribution < 1.29 is 9.59 Å². The highest BCUT2D eigenvalue weighted by molar-refractivity contribution is 6.30. The Balaban J connectivity index is 1.22. The largest absolute Gasteiger partial charge is 0.368 e. The van der Waals surface area contributed by atoms with Crippen LogP contribution in [0.3, 0.4) is 0 Å². The molecule has 2 aromatic rings. The quantitative estimate of drug-likeness (QED) is 0.733. The molecule has 2 amide bonds. The van der Waals surface area contributed by atoms with Crippen molar-refractivity contribution in [2.24, 2.45) is 0 Å². The molecule has 2 heterocycles. The number of benzene rings is 2. The molecule has 2 aliphatic rings. The number of aryl methyl sites for hydroxylation is 1. The van der Waals surface area contributed by atoms with Gasteiger partial charge in [-0.05, 0) is 48.9 Å². The third-order valence-corrected chi connectivity index (χ3v) is 6.36. The van der Waals surface area contributed by atoms with Crippen LogP contribution in [-0.4, -0.2) is 85.4 Å². The first-order valence-corrected chi connectivity index (χ1v) is 11.2. The number of halogens is 1. The average Bonchev–Trinajstić information content (AvgIpc) is 2.80. The van der Waals surface area contributed by atoms with Crippen LogP contribution in [0.2, 0.25) is 5.02 Å². The fourth-order valence-electron chi connectivity index (χ4n) is 4.21. The SMILES string of the molecule is Cc1cccc(N2CCN(C(=O)CN3CCN(C(=O)c4ccc(Cl)cc4)CC3)CC2)c1. The smallest absolute Gasteiger partial charge is 0.253 e. The summed E-state index contributed by atoms with van der Waals surface area (Å²) in [5, 5.41) is 0.625. The number of nitrogens with zero attached hydrogens (tertiary/aromatic N) is 4. The van der Waals surface area contributed by atoms with E-state index >= 15 is 0 Å². The van der Waals surface area contributed by atoms with Gasteiger partial charge in [-0.2, -0.15) is 0 Å². The summed E-state index contributed by atoms with van der Waals surface area (Å²) in [7, 11) is 0. The molecule has 2 aromatic carbocycles. The fourth-order valence-corrected chi connectivity index (χ4v) is 4.34. The van der Waals surface area contributed by atoms with Gasteiger partial charge in [0.2, 0.25) is 5.91 Å². The Labute approximate surface area is 189 Å². The molecular weight excluding hydrogens is 412 g/mol. The van der Waals surface area contributed by atoms with E-state index in [1.165, 1.54) is 11.3 Å². The van der Waals surface area contributed by atoms with Crippen molar-refractivity contribution in [3.8, 4) is 0 Å². The molecule has 6 nitrogen and oxygen atoms in total. The zero-order valence-corrected chi connectivity index (χ0v) is 18.7. The fraction of sp³-hybridized carbons (Fsp3) is 0.417. The van der Waals surface area contributed by atoms with Crippen molar-refractivity contribution in [1.82, 2.24) is 14.7 Å². The van der Waals surface area contributed by atoms with E-state index in [9.17, 15) is 9.59 Å². The summed E-state index contributed by atoms with van der Waals surface area (Å²) >= 11 is 5.91. The van der Waals surface area contributed by atoms with Crippen LogP contribution >= 0.6 is 11.6 Å². The third kappa shape index (κ3) is 5.38. The summed E-state index contributed by atoms with van der Waals surface area (Å²) in [5.41, 5.74) is 3.14. The number of piperazine rings is 2. The van der Waals surface area contributed by atoms with Crippen molar-refractivity contribution in [3.63, 3.8) is 0 Å². The van der Waals surface area contributed by atoms with Gasteiger partial charge in [0.25, 0.3) is 5.91 Å². The summed E-state index contributed by atoms with van der Waals surface area (Å²) in [6, 6.07) is 15.5. The van der Waals surface area contributed by atoms with Gasteiger partial charge in [-0.3, -0.25) is 14.5 Å². The monoisotopic (exact) mass is 440 g/mol. The molecule has 0 aromatic heterocycles. The molecule has 2 fully saturated rings. The lowest BCUT2D eigenvalue weighted by Gasteiger charge is -2.38. The van der Waals surface area contributed by atoms with Crippen LogP contribution in [0.4, 0.5) is 5.69 Å². The Morgan fingerprint density at radius 3 is 2.13 bits per heavy atom. The second-order valence-electron chi connectivity index (χ2n) is 8.28. The average molecular weight is 441 g/mol. The van der Waals surface area contributed by atoms with Crippen LogP contribution in [0.25, 0.3) is 0 Å². The van der Waals surface area contributed by atoms with E-state index in [4.69, 9.17) is 11.6 Å². The van der Waals surface area contributed by atoms with Crippen LogP contribution in [0, 0.1) is 6.92 Å². The van der Waals surface area contributed by atoms with Crippen LogP contribution in [-0.2, 0) is 4.79 Å². The van der Waals surface area contributed by atoms with Gasteiger partial charge >= 0.3 is 0 Å². The van der Waals surface area contributed by atoms with E-state index in [1.807, 2.05) is 9.80 Å². The van der Waals surface area contributed by atoms with E-state index in [0.717, 1.165) is 26.2 Å². The molecule has 0 radical (unpaired) electrons. The molecule has 2 aliphatic heterocycles. The normalized spacial score (nSPS) is 17.7. The summed E-state index contributed by atoms with van der Waals surface area (Å²) in [6.07, 6.45) is 0. The molecule has 0 saturated carbocycles. The second-order valence-corrected chi connectivity index (χ2v) is 8.72. The van der Waals surface area contributed by atoms with Crippen molar-refractivity contribution >= 4 is 29.1 Å². The number of hydrogen-bond donors (Lipinski definition) is 0. The van der Waals surface area contributed by atoms with Crippen molar-refractivity contribution in [3.05, 3.63) is 64.7 Å². The number of anilines is 1. The lowest BCUT2D eigenvalue weighted by atomic mass is 10.1. The highest BCUT2D eigenvalue weighted by Gasteiger charge is 2.26. The van der Waals surface area contributed by atoms with Gasteiger partial charge in [0, 0.05) is 68.6 Å². The summed E-state index contributed by atoms with van der Waals surface area (Å²) in [5.74, 6) is 0.205. The lowest BCUT2D eigenvalue weighted by Crippen LogP contribution is -2.54.